The Bertz CT molecular complexity index is 1570. The van der Waals surface area contributed by atoms with Gasteiger partial charge < -0.3 is 19.5 Å². The van der Waals surface area contributed by atoms with Gasteiger partial charge >= 0.3 is 11.9 Å². The summed E-state index contributed by atoms with van der Waals surface area (Å²) in [6, 6.07) is 17.2. The van der Waals surface area contributed by atoms with Gasteiger partial charge in [0.15, 0.2) is 11.3 Å². The van der Waals surface area contributed by atoms with Gasteiger partial charge in [-0.1, -0.05) is 35.9 Å². The van der Waals surface area contributed by atoms with Crippen molar-refractivity contribution in [2.75, 3.05) is 0 Å². The van der Waals surface area contributed by atoms with Crippen LogP contribution >= 0.6 is 11.6 Å². The maximum Gasteiger partial charge on any atom is 0.377 e. The number of hydrogen-bond donors (Lipinski definition) is 2. The molecule has 5 rings (SSSR count). The molecule has 0 aliphatic carbocycles. The monoisotopic (exact) mass is 532 g/mol. The van der Waals surface area contributed by atoms with Gasteiger partial charge in [0.05, 0.1) is 31.0 Å². The Hall–Kier alpha value is -4.67. The van der Waals surface area contributed by atoms with Gasteiger partial charge in [0.25, 0.3) is 0 Å². The zero-order chi connectivity index (χ0) is 26.6. The van der Waals surface area contributed by atoms with Crippen LogP contribution in [0.5, 0.6) is 5.75 Å². The van der Waals surface area contributed by atoms with Gasteiger partial charge in [-0.2, -0.15) is 5.10 Å². The second-order valence-electron chi connectivity index (χ2n) is 8.46. The highest BCUT2D eigenvalue weighted by Crippen LogP contribution is 2.21. The SMILES string of the molecule is O=C(ON(Cc1ccoc1)[C@@H](Cc1ccc(O)cc1)C(=O)O)c1cn2nc(-c3ccc(Cl)cc3)ccc2n1. The molecule has 0 unspecified atom stereocenters. The predicted octanol–water partition coefficient (Wildman–Crippen LogP) is 4.62. The van der Waals surface area contributed by atoms with E-state index in [1.165, 1.54) is 35.4 Å². The normalized spacial score (nSPS) is 12.1. The molecule has 10 nitrogen and oxygen atoms in total. The second kappa shape index (κ2) is 10.8. The van der Waals surface area contributed by atoms with Crippen LogP contribution in [-0.2, 0) is 22.6 Å². The molecule has 0 spiro atoms. The predicted molar refractivity (Wildman–Crippen MR) is 136 cm³/mol. The molecule has 1 atom stereocenters. The first-order valence-electron chi connectivity index (χ1n) is 11.5. The molecule has 3 aromatic heterocycles. The number of carbonyl (C=O) groups excluding carboxylic acids is 1. The maximum atomic E-state index is 13.1. The molecule has 11 heteroatoms. The number of carbonyl (C=O) groups is 2. The summed E-state index contributed by atoms with van der Waals surface area (Å²) < 4.78 is 6.55. The molecular formula is C27H21ClN4O6. The summed E-state index contributed by atoms with van der Waals surface area (Å²) in [7, 11) is 0. The largest absolute Gasteiger partial charge is 0.508 e. The standard InChI is InChI=1S/C27H21ClN4O6/c28-20-5-3-19(4-6-20)22-9-10-25-29-23(15-31(25)30-22)27(36)38-32(14-18-11-12-37-16-18)24(26(34)35)13-17-1-7-21(33)8-2-17/h1-12,15-16,24,33H,13-14H2,(H,34,35)/t24-/m0/s1. The lowest BCUT2D eigenvalue weighted by molar-refractivity contribution is -0.175. The van der Waals surface area contributed by atoms with Gasteiger partial charge in [0.1, 0.15) is 11.8 Å². The zero-order valence-corrected chi connectivity index (χ0v) is 20.5. The lowest BCUT2D eigenvalue weighted by Crippen LogP contribution is -2.43. The highest BCUT2D eigenvalue weighted by atomic mass is 35.5. The summed E-state index contributed by atoms with van der Waals surface area (Å²) in [5.74, 6) is -1.98. The van der Waals surface area contributed by atoms with E-state index in [1.54, 1.807) is 42.5 Å². The fraction of sp³-hybridized carbons (Fsp3) is 0.111. The summed E-state index contributed by atoms with van der Waals surface area (Å²) in [5, 5.41) is 25.7. The van der Waals surface area contributed by atoms with Gasteiger partial charge in [-0.25, -0.2) is 14.3 Å². The quantitative estimate of drug-likeness (QED) is 0.261. The van der Waals surface area contributed by atoms with Gasteiger partial charge in [0, 0.05) is 22.6 Å². The van der Waals surface area contributed by atoms with Crippen molar-refractivity contribution in [1.29, 1.82) is 0 Å². The number of nitrogens with zero attached hydrogens (tertiary/aromatic N) is 4. The minimum atomic E-state index is -1.23. The average molecular weight is 533 g/mol. The molecule has 0 amide bonds. The van der Waals surface area contributed by atoms with E-state index >= 15 is 0 Å². The fourth-order valence-corrected chi connectivity index (χ4v) is 3.97. The number of benzene rings is 2. The first kappa shape index (κ1) is 25.0. The van der Waals surface area contributed by atoms with E-state index < -0.39 is 18.0 Å². The van der Waals surface area contributed by atoms with E-state index in [1.807, 2.05) is 12.1 Å². The van der Waals surface area contributed by atoms with Gasteiger partial charge in [-0.15, -0.1) is 5.06 Å². The van der Waals surface area contributed by atoms with Crippen LogP contribution in [0.3, 0.4) is 0 Å². The lowest BCUT2D eigenvalue weighted by atomic mass is 10.1. The van der Waals surface area contributed by atoms with Crippen molar-refractivity contribution < 1.29 is 29.1 Å². The van der Waals surface area contributed by atoms with E-state index in [4.69, 9.17) is 20.9 Å². The topological polar surface area (TPSA) is 130 Å². The van der Waals surface area contributed by atoms with Crippen molar-refractivity contribution >= 4 is 29.2 Å². The molecule has 0 bridgehead atoms. The number of imidazole rings is 1. The van der Waals surface area contributed by atoms with Crippen molar-refractivity contribution in [3.8, 4) is 17.0 Å². The number of aliphatic carboxylic acids is 1. The molecule has 5 aromatic rings. The van der Waals surface area contributed by atoms with Crippen LogP contribution in [0.25, 0.3) is 16.9 Å². The third-order valence-electron chi connectivity index (χ3n) is 5.79. The van der Waals surface area contributed by atoms with Crippen molar-refractivity contribution in [1.82, 2.24) is 19.7 Å². The van der Waals surface area contributed by atoms with Crippen LogP contribution in [0.2, 0.25) is 5.02 Å². The second-order valence-corrected chi connectivity index (χ2v) is 8.90. The number of furan rings is 1. The van der Waals surface area contributed by atoms with E-state index in [0.717, 1.165) is 10.6 Å². The molecule has 2 N–H and O–H groups in total. The molecule has 0 aliphatic rings. The lowest BCUT2D eigenvalue weighted by Gasteiger charge is -2.26. The van der Waals surface area contributed by atoms with Crippen LogP contribution in [0.15, 0.2) is 89.9 Å². The molecule has 0 aliphatic heterocycles. The Balaban J connectivity index is 1.41. The number of hydroxylamine groups is 2. The molecule has 3 heterocycles. The molecular weight excluding hydrogens is 512 g/mol. The van der Waals surface area contributed by atoms with Crippen molar-refractivity contribution in [3.05, 3.63) is 107 Å². The molecule has 0 saturated heterocycles. The number of aromatic hydroxyl groups is 1. The summed E-state index contributed by atoms with van der Waals surface area (Å²) in [6.07, 6.45) is 4.31. The Labute approximate surface area is 221 Å². The summed E-state index contributed by atoms with van der Waals surface area (Å²) in [6.45, 7) is -0.0381. The minimum absolute atomic E-state index is 0.0118. The van der Waals surface area contributed by atoms with Crippen LogP contribution in [0.1, 0.15) is 21.6 Å². The molecule has 0 saturated carbocycles. The van der Waals surface area contributed by atoms with E-state index in [9.17, 15) is 19.8 Å². The fourth-order valence-electron chi connectivity index (χ4n) is 3.84. The Kier molecular flexibility index (Phi) is 7.07. The third kappa shape index (κ3) is 5.66. The van der Waals surface area contributed by atoms with E-state index in [-0.39, 0.29) is 24.4 Å². The highest BCUT2D eigenvalue weighted by Gasteiger charge is 2.31. The Morgan fingerprint density at radius 1 is 1.03 bits per heavy atom. The summed E-state index contributed by atoms with van der Waals surface area (Å²) in [4.78, 5) is 35.3. The number of aromatic nitrogens is 3. The van der Waals surface area contributed by atoms with Crippen LogP contribution < -0.4 is 0 Å². The first-order chi connectivity index (χ1) is 18.4. The van der Waals surface area contributed by atoms with Crippen molar-refractivity contribution in [3.63, 3.8) is 0 Å². The van der Waals surface area contributed by atoms with Crippen molar-refractivity contribution in [2.24, 2.45) is 0 Å². The number of phenolic OH excluding ortho intramolecular Hbond substituents is 1. The summed E-state index contributed by atoms with van der Waals surface area (Å²) >= 11 is 5.97. The van der Waals surface area contributed by atoms with E-state index in [0.29, 0.717) is 27.5 Å². The van der Waals surface area contributed by atoms with E-state index in [2.05, 4.69) is 10.1 Å². The Morgan fingerprint density at radius 3 is 2.47 bits per heavy atom. The average Bonchev–Trinajstić information content (AvgIpc) is 3.58. The minimum Gasteiger partial charge on any atom is -0.508 e. The molecule has 0 radical (unpaired) electrons. The molecule has 192 valence electrons. The van der Waals surface area contributed by atoms with Crippen LogP contribution in [0, 0.1) is 0 Å². The van der Waals surface area contributed by atoms with Gasteiger partial charge in [0.2, 0.25) is 0 Å². The van der Waals surface area contributed by atoms with Crippen molar-refractivity contribution in [2.45, 2.75) is 19.0 Å². The van der Waals surface area contributed by atoms with Crippen LogP contribution in [-0.4, -0.2) is 47.9 Å². The number of hydrogen-bond acceptors (Lipinski definition) is 8. The molecule has 0 fully saturated rings. The Morgan fingerprint density at radius 2 is 1.79 bits per heavy atom. The smallest absolute Gasteiger partial charge is 0.377 e. The maximum absolute atomic E-state index is 13.1. The number of rotatable bonds is 9. The molecule has 38 heavy (non-hydrogen) atoms. The number of carboxylic acids is 1. The number of fused-ring (bicyclic) bond motifs is 1. The zero-order valence-electron chi connectivity index (χ0n) is 19.8. The van der Waals surface area contributed by atoms with Crippen LogP contribution in [0.4, 0.5) is 0 Å². The highest BCUT2D eigenvalue weighted by molar-refractivity contribution is 6.30. The number of phenols is 1. The number of carboxylic acid groups (broad SMARTS) is 1. The summed E-state index contributed by atoms with van der Waals surface area (Å²) in [5.41, 5.74) is 3.09. The first-order valence-corrected chi connectivity index (χ1v) is 11.9. The number of halogens is 1. The van der Waals surface area contributed by atoms with Gasteiger partial charge in [-0.05, 0) is 48.0 Å². The van der Waals surface area contributed by atoms with Gasteiger partial charge in [-0.3, -0.25) is 4.79 Å². The molecule has 2 aromatic carbocycles. The third-order valence-corrected chi connectivity index (χ3v) is 6.04.